The van der Waals surface area contributed by atoms with Crippen molar-refractivity contribution in [2.45, 2.75) is 76.4 Å². The average molecular weight is 1090 g/mol. The summed E-state index contributed by atoms with van der Waals surface area (Å²) in [4.78, 5) is 60.4. The Hall–Kier alpha value is -6.97. The minimum absolute atomic E-state index is 0.242. The van der Waals surface area contributed by atoms with E-state index in [0.717, 1.165) is 78.4 Å². The Bertz CT molecular complexity index is 3580. The molecule has 20 heteroatoms. The Morgan fingerprint density at radius 2 is 1.42 bits per heavy atom. The van der Waals surface area contributed by atoms with Crippen molar-refractivity contribution in [2.75, 3.05) is 17.7 Å². The van der Waals surface area contributed by atoms with E-state index in [-0.39, 0.29) is 11.8 Å². The molecule has 4 atom stereocenters. The zero-order chi connectivity index (χ0) is 51.6. The summed E-state index contributed by atoms with van der Waals surface area (Å²) in [6.45, 7) is 5.62. The standard InChI is InChI=1S/C54H48N6O9S5/c1-27-46(57-52(65)68-28(2)30-9-7-6-8-10-30)47(45-24-44-42(73-45)21-38(70-44)32-11-12-33(19-32)50(61)62)74-60(27)35-15-13-31(14-16-35)29(3)69-53(66)58-49-36(26-56-59(49)4)40-23-43-41(72-40)22-39(71-43)34-20-37(67-5)48(55-25-34)54(17-18-54)51(63)64/h6-10,13-16,20-26,28-29,32-33H,11-12,17-19H2,1-5H3,(H3-,56,57,58,61,62,63,64,65,66)/p+1. The zero-order valence-electron chi connectivity index (χ0n) is 40.7. The number of anilines is 2. The van der Waals surface area contributed by atoms with Gasteiger partial charge in [-0.1, -0.05) is 34.3 Å². The molecule has 0 aliphatic heterocycles. The quantitative estimate of drug-likeness (QED) is 0.0713. The number of thiophene rings is 4. The van der Waals surface area contributed by atoms with Gasteiger partial charge >= 0.3 is 24.1 Å². The first-order chi connectivity index (χ1) is 35.7. The average Bonchev–Trinajstić information content (AvgIpc) is 4.09. The molecule has 0 saturated heterocycles. The minimum atomic E-state index is -0.978. The lowest BCUT2D eigenvalue weighted by Crippen LogP contribution is -2.29. The van der Waals surface area contributed by atoms with Crippen LogP contribution < -0.4 is 19.3 Å². The number of carbonyl (C=O) groups excluding carboxylic acids is 2. The maximum Gasteiger partial charge on any atom is 0.413 e. The smallest absolute Gasteiger partial charge is 0.413 e. The topological polar surface area (TPSA) is 195 Å². The number of fused-ring (bicyclic) bond motifs is 2. The Balaban J connectivity index is 0.790. The van der Waals surface area contributed by atoms with Crippen molar-refractivity contribution in [2.24, 2.45) is 13.0 Å². The van der Waals surface area contributed by atoms with Crippen molar-refractivity contribution < 1.29 is 47.6 Å². The number of aliphatic carboxylic acids is 2. The summed E-state index contributed by atoms with van der Waals surface area (Å²) in [5, 5.41) is 29.9. The molecule has 2 aliphatic rings. The number of hydrogen-bond acceptors (Lipinski definition) is 14. The maximum atomic E-state index is 13.6. The van der Waals surface area contributed by atoms with Crippen molar-refractivity contribution in [1.82, 2.24) is 14.8 Å². The van der Waals surface area contributed by atoms with Crippen molar-refractivity contribution in [3.05, 3.63) is 125 Å². The molecular formula is C54H49N6O9S5+. The van der Waals surface area contributed by atoms with Crippen LogP contribution in [-0.2, 0) is 31.5 Å². The van der Waals surface area contributed by atoms with Crippen LogP contribution in [0.3, 0.4) is 0 Å². The van der Waals surface area contributed by atoms with E-state index in [4.69, 9.17) is 14.2 Å². The largest absolute Gasteiger partial charge is 0.495 e. The van der Waals surface area contributed by atoms with E-state index in [1.54, 1.807) is 69.5 Å². The lowest BCUT2D eigenvalue weighted by molar-refractivity contribution is -0.526. The third kappa shape index (κ3) is 9.33. The number of aromatic nitrogens is 4. The van der Waals surface area contributed by atoms with E-state index in [1.165, 1.54) is 23.5 Å². The third-order valence-electron chi connectivity index (χ3n) is 14.0. The predicted molar refractivity (Wildman–Crippen MR) is 291 cm³/mol. The number of nitrogens with zero attached hydrogens (tertiary/aromatic N) is 4. The highest BCUT2D eigenvalue weighted by atomic mass is 32.1. The molecule has 9 aromatic rings. The number of nitrogens with one attached hydrogen (secondary N) is 2. The summed E-state index contributed by atoms with van der Waals surface area (Å²) in [6.07, 6.45) is 4.44. The molecule has 74 heavy (non-hydrogen) atoms. The second-order valence-electron chi connectivity index (χ2n) is 18.7. The van der Waals surface area contributed by atoms with Gasteiger partial charge in [-0.05, 0) is 105 Å². The maximum absolute atomic E-state index is 13.6. The van der Waals surface area contributed by atoms with E-state index in [1.807, 2.05) is 81.4 Å². The van der Waals surface area contributed by atoms with Gasteiger partial charge in [0.25, 0.3) is 0 Å². The van der Waals surface area contributed by atoms with Crippen LogP contribution in [0.1, 0.15) is 91.5 Å². The van der Waals surface area contributed by atoms with Crippen LogP contribution in [-0.4, -0.2) is 56.2 Å². The molecule has 7 heterocycles. The lowest BCUT2D eigenvalue weighted by Gasteiger charge is -2.15. The summed E-state index contributed by atoms with van der Waals surface area (Å²) < 4.78 is 25.4. The highest BCUT2D eigenvalue weighted by Crippen LogP contribution is 2.52. The first-order valence-electron chi connectivity index (χ1n) is 23.9. The molecule has 2 amide bonds. The number of hydrogen-bond donors (Lipinski definition) is 4. The normalized spacial score (nSPS) is 16.8. The van der Waals surface area contributed by atoms with Crippen molar-refractivity contribution in [3.8, 4) is 42.1 Å². The van der Waals surface area contributed by atoms with Gasteiger partial charge in [0.1, 0.15) is 39.8 Å². The molecule has 7 aromatic heterocycles. The van der Waals surface area contributed by atoms with Crippen molar-refractivity contribution in [1.29, 1.82) is 0 Å². The van der Waals surface area contributed by atoms with Crippen LogP contribution in [0.2, 0.25) is 0 Å². The molecule has 15 nitrogen and oxygen atoms in total. The molecule has 0 spiro atoms. The van der Waals surface area contributed by atoms with Gasteiger partial charge in [-0.3, -0.25) is 29.9 Å². The number of aryl methyl sites for hydroxylation is 1. The molecule has 4 N–H and O–H groups in total. The van der Waals surface area contributed by atoms with Gasteiger partial charge in [-0.25, -0.2) is 9.59 Å². The third-order valence-corrected chi connectivity index (χ3v) is 20.2. The van der Waals surface area contributed by atoms with Crippen molar-refractivity contribution in [3.63, 3.8) is 0 Å². The van der Waals surface area contributed by atoms with Gasteiger partial charge in [-0.15, -0.1) is 45.3 Å². The molecular weight excluding hydrogens is 1040 g/mol. The van der Waals surface area contributed by atoms with E-state index in [9.17, 15) is 29.4 Å². The Labute approximate surface area is 444 Å². The molecule has 11 rings (SSSR count). The Morgan fingerprint density at radius 1 is 0.784 bits per heavy atom. The second kappa shape index (κ2) is 19.7. The number of carboxylic acids is 2. The highest BCUT2D eigenvalue weighted by molar-refractivity contribution is 7.31. The van der Waals surface area contributed by atoms with Crippen LogP contribution in [0, 0.1) is 12.8 Å². The van der Waals surface area contributed by atoms with Gasteiger partial charge in [0.05, 0.1) is 35.4 Å². The molecule has 2 aromatic carbocycles. The number of carbonyl (C=O) groups is 4. The molecule has 2 saturated carbocycles. The van der Waals surface area contributed by atoms with Crippen LogP contribution >= 0.6 is 56.9 Å². The number of ether oxygens (including phenoxy) is 3. The minimum Gasteiger partial charge on any atom is -0.495 e. The summed E-state index contributed by atoms with van der Waals surface area (Å²) >= 11 is 8.02. The van der Waals surface area contributed by atoms with Gasteiger partial charge in [0, 0.05) is 71.3 Å². The van der Waals surface area contributed by atoms with Crippen LogP contribution in [0.5, 0.6) is 5.75 Å². The van der Waals surface area contributed by atoms with Crippen LogP contribution in [0.4, 0.5) is 21.1 Å². The van der Waals surface area contributed by atoms with E-state index < -0.39 is 41.7 Å². The van der Waals surface area contributed by atoms with E-state index >= 15 is 0 Å². The fraction of sp³-hybridized carbons (Fsp3) is 0.278. The summed E-state index contributed by atoms with van der Waals surface area (Å²) in [5.41, 5.74) is 5.02. The molecule has 0 bridgehead atoms. The summed E-state index contributed by atoms with van der Waals surface area (Å²) in [7, 11) is 3.29. The van der Waals surface area contributed by atoms with E-state index in [2.05, 4.69) is 48.9 Å². The molecule has 2 fully saturated rings. The Morgan fingerprint density at radius 3 is 2.08 bits per heavy atom. The molecule has 2 aliphatic carbocycles. The number of methoxy groups -OCH3 is 1. The highest BCUT2D eigenvalue weighted by Gasteiger charge is 2.55. The van der Waals surface area contributed by atoms with Crippen LogP contribution in [0.25, 0.3) is 55.1 Å². The first kappa shape index (κ1) is 49.3. The number of amides is 2. The second-order valence-corrected chi connectivity index (χ2v) is 24.0. The van der Waals surface area contributed by atoms with Gasteiger partial charge in [0.15, 0.2) is 11.5 Å². The molecule has 0 radical (unpaired) electrons. The number of carboxylic acid groups (broad SMARTS) is 2. The van der Waals surface area contributed by atoms with E-state index in [0.29, 0.717) is 48.6 Å². The molecule has 4 unspecified atom stereocenters. The number of benzene rings is 2. The predicted octanol–water partition coefficient (Wildman–Crippen LogP) is 13.7. The van der Waals surface area contributed by atoms with Crippen molar-refractivity contribution >= 4 is 111 Å². The lowest BCUT2D eigenvalue weighted by atomic mass is 10.00. The number of rotatable bonds is 15. The summed E-state index contributed by atoms with van der Waals surface area (Å²) in [6, 6.07) is 27.7. The van der Waals surface area contributed by atoms with Gasteiger partial charge in [0.2, 0.25) is 11.4 Å². The van der Waals surface area contributed by atoms with Gasteiger partial charge < -0.3 is 24.4 Å². The first-order valence-corrected chi connectivity index (χ1v) is 28.0. The fourth-order valence-corrected chi connectivity index (χ4v) is 15.8. The fourth-order valence-electron chi connectivity index (χ4n) is 9.63. The zero-order valence-corrected chi connectivity index (χ0v) is 44.7. The number of pyridine rings is 1. The van der Waals surface area contributed by atoms with Gasteiger partial charge in [-0.2, -0.15) is 5.10 Å². The monoisotopic (exact) mass is 1090 g/mol. The summed E-state index contributed by atoms with van der Waals surface area (Å²) in [5.74, 6) is -0.705. The molecule has 378 valence electrons. The van der Waals surface area contributed by atoms with Crippen LogP contribution in [0.15, 0.2) is 97.3 Å². The Kier molecular flexibility index (Phi) is 13.1. The SMILES string of the molecule is COc1cc(-c2cc3sc(-c4cnn(C)c4NC(=O)OC(C)c4ccc(-[n+]5sc(-c6cc7sc(C8CCC(C(=O)O)C8)cc7s6)c(NC(=O)OC(C)c6ccccc6)c5C)cc4)cc3s2)cnc1C1(C(=O)O)CC1.